The number of hydrogen-bond donors (Lipinski definition) is 1. The predicted octanol–water partition coefficient (Wildman–Crippen LogP) is 5.69. The Morgan fingerprint density at radius 2 is 1.35 bits per heavy atom. The summed E-state index contributed by atoms with van der Waals surface area (Å²) >= 11 is 1.83. The van der Waals surface area contributed by atoms with Crippen molar-refractivity contribution in [1.82, 2.24) is 0 Å². The minimum atomic E-state index is -5.70. The standard InChI is InChI=1S/C24H11F4IO7S/c25-17-19(27)22(37(32,33)34)20(28)18(26)21(17)36-24(31)15-9-8-12(29)10-16(15)35-23(30)14-7-3-5-11-4-1-2-6-13(11)14/h1-10H,(H,32,33,34). The summed E-state index contributed by atoms with van der Waals surface area (Å²) in [6.07, 6.45) is 0. The van der Waals surface area contributed by atoms with Gasteiger partial charge in [0, 0.05) is 3.57 Å². The second-order valence-corrected chi connectivity index (χ2v) is 9.94. The van der Waals surface area contributed by atoms with Gasteiger partial charge in [0.2, 0.25) is 17.4 Å². The van der Waals surface area contributed by atoms with E-state index in [0.29, 0.717) is 8.96 Å². The summed E-state index contributed by atoms with van der Waals surface area (Å²) < 4.78 is 98.2. The summed E-state index contributed by atoms with van der Waals surface area (Å²) in [6, 6.07) is 15.4. The molecule has 1 N–H and O–H groups in total. The van der Waals surface area contributed by atoms with Crippen molar-refractivity contribution in [3.63, 3.8) is 0 Å². The highest BCUT2D eigenvalue weighted by atomic mass is 127. The normalized spacial score (nSPS) is 11.4. The number of ether oxygens (including phenoxy) is 2. The lowest BCUT2D eigenvalue weighted by molar-refractivity contribution is 0.0696. The molecule has 0 heterocycles. The van der Waals surface area contributed by atoms with Crippen molar-refractivity contribution in [3.8, 4) is 11.5 Å². The topological polar surface area (TPSA) is 107 Å². The first-order valence-corrected chi connectivity index (χ1v) is 12.5. The first kappa shape index (κ1) is 26.5. The molecule has 0 aromatic heterocycles. The zero-order valence-electron chi connectivity index (χ0n) is 18.0. The van der Waals surface area contributed by atoms with E-state index >= 15 is 0 Å². The third kappa shape index (κ3) is 5.14. The highest BCUT2D eigenvalue weighted by Crippen LogP contribution is 2.34. The lowest BCUT2D eigenvalue weighted by Gasteiger charge is -2.13. The average molecular weight is 646 g/mol. The zero-order valence-corrected chi connectivity index (χ0v) is 20.9. The number of esters is 2. The summed E-state index contributed by atoms with van der Waals surface area (Å²) in [5, 5.41) is 1.27. The molecule has 0 spiro atoms. The zero-order chi connectivity index (χ0) is 27.1. The highest BCUT2D eigenvalue weighted by molar-refractivity contribution is 14.1. The van der Waals surface area contributed by atoms with Crippen molar-refractivity contribution in [3.05, 3.63) is 98.6 Å². The molecule has 0 unspecified atom stereocenters. The minimum Gasteiger partial charge on any atom is -0.422 e. The van der Waals surface area contributed by atoms with Gasteiger partial charge in [0.05, 0.1) is 5.56 Å². The number of fused-ring (bicyclic) bond motifs is 1. The second kappa shape index (κ2) is 10.1. The number of carbonyl (C=O) groups is 2. The Hall–Kier alpha value is -3.56. The van der Waals surface area contributed by atoms with Gasteiger partial charge >= 0.3 is 22.1 Å². The smallest absolute Gasteiger partial charge is 0.347 e. The van der Waals surface area contributed by atoms with Crippen LogP contribution in [0.2, 0.25) is 0 Å². The van der Waals surface area contributed by atoms with Gasteiger partial charge in [0.1, 0.15) is 11.3 Å². The molecule has 0 amide bonds. The maximum absolute atomic E-state index is 14.3. The molecule has 0 saturated heterocycles. The molecule has 4 aromatic rings. The molecule has 37 heavy (non-hydrogen) atoms. The van der Waals surface area contributed by atoms with Gasteiger partial charge in [-0.05, 0) is 57.6 Å². The summed E-state index contributed by atoms with van der Waals surface area (Å²) in [5.41, 5.74) is -0.411. The third-order valence-corrected chi connectivity index (χ3v) is 6.56. The van der Waals surface area contributed by atoms with Crippen LogP contribution in [0.15, 0.2) is 65.6 Å². The lowest BCUT2D eigenvalue weighted by Crippen LogP contribution is -2.18. The van der Waals surface area contributed by atoms with Crippen LogP contribution in [0.3, 0.4) is 0 Å². The molecule has 0 bridgehead atoms. The first-order chi connectivity index (χ1) is 17.4. The van der Waals surface area contributed by atoms with E-state index in [1.54, 1.807) is 36.4 Å². The maximum atomic E-state index is 14.3. The van der Waals surface area contributed by atoms with Crippen molar-refractivity contribution < 1.29 is 49.6 Å². The van der Waals surface area contributed by atoms with E-state index in [9.17, 15) is 35.6 Å². The van der Waals surface area contributed by atoms with Crippen molar-refractivity contribution in [2.24, 2.45) is 0 Å². The van der Waals surface area contributed by atoms with E-state index in [1.807, 2.05) is 22.6 Å². The SMILES string of the molecule is O=C(Oc1c(F)c(F)c(S(=O)(=O)O)c(F)c1F)c1ccc(I)cc1OC(=O)c1cccc2ccccc12. The fourth-order valence-electron chi connectivity index (χ4n) is 3.36. The van der Waals surface area contributed by atoms with Gasteiger partial charge in [-0.2, -0.15) is 17.2 Å². The Labute approximate surface area is 219 Å². The number of rotatable bonds is 5. The number of hydrogen-bond acceptors (Lipinski definition) is 6. The van der Waals surface area contributed by atoms with Crippen molar-refractivity contribution >= 4 is 55.4 Å². The third-order valence-electron chi connectivity index (χ3n) is 5.01. The van der Waals surface area contributed by atoms with Crippen LogP contribution in [0.5, 0.6) is 11.5 Å². The summed E-state index contributed by atoms with van der Waals surface area (Å²) in [4.78, 5) is 23.4. The molecule has 0 aliphatic heterocycles. The number of benzene rings is 4. The van der Waals surface area contributed by atoms with Gasteiger partial charge in [-0.1, -0.05) is 36.4 Å². The van der Waals surface area contributed by atoms with Crippen LogP contribution in [-0.4, -0.2) is 24.9 Å². The van der Waals surface area contributed by atoms with Crippen LogP contribution in [0, 0.1) is 26.8 Å². The Kier molecular flexibility index (Phi) is 7.21. The van der Waals surface area contributed by atoms with E-state index in [2.05, 4.69) is 4.74 Å². The molecular weight excluding hydrogens is 635 g/mol. The van der Waals surface area contributed by atoms with Gasteiger partial charge in [0.25, 0.3) is 0 Å². The number of halogens is 5. The molecule has 4 rings (SSSR count). The molecule has 7 nitrogen and oxygen atoms in total. The number of carbonyl (C=O) groups excluding carboxylic acids is 2. The summed E-state index contributed by atoms with van der Waals surface area (Å²) in [7, 11) is -5.70. The molecule has 13 heteroatoms. The Morgan fingerprint density at radius 3 is 2.00 bits per heavy atom. The molecule has 0 saturated carbocycles. The largest absolute Gasteiger partial charge is 0.422 e. The average Bonchev–Trinajstić information content (AvgIpc) is 2.84. The minimum absolute atomic E-state index is 0.137. The van der Waals surface area contributed by atoms with Crippen LogP contribution in [-0.2, 0) is 10.1 Å². The van der Waals surface area contributed by atoms with Gasteiger partial charge in [-0.25, -0.2) is 18.4 Å². The second-order valence-electron chi connectivity index (χ2n) is 7.34. The Morgan fingerprint density at radius 1 is 0.757 bits per heavy atom. The maximum Gasteiger partial charge on any atom is 0.347 e. The monoisotopic (exact) mass is 646 g/mol. The van der Waals surface area contributed by atoms with Gasteiger partial charge in [-0.3, -0.25) is 4.55 Å². The van der Waals surface area contributed by atoms with E-state index in [-0.39, 0.29) is 5.56 Å². The predicted molar refractivity (Wildman–Crippen MR) is 129 cm³/mol. The van der Waals surface area contributed by atoms with Crippen LogP contribution in [0.4, 0.5) is 17.6 Å². The fraction of sp³-hybridized carbons (Fsp3) is 0. The summed E-state index contributed by atoms with van der Waals surface area (Å²) in [5.74, 6) is -14.6. The first-order valence-electron chi connectivity index (χ1n) is 9.95. The van der Waals surface area contributed by atoms with E-state index < -0.39 is 67.3 Å². The molecule has 190 valence electrons. The van der Waals surface area contributed by atoms with Crippen molar-refractivity contribution in [2.75, 3.05) is 0 Å². The van der Waals surface area contributed by atoms with Gasteiger partial charge < -0.3 is 9.47 Å². The van der Waals surface area contributed by atoms with Crippen LogP contribution in [0.1, 0.15) is 20.7 Å². The van der Waals surface area contributed by atoms with Gasteiger partial charge in [-0.15, -0.1) is 0 Å². The Bertz CT molecular complexity index is 1670. The lowest BCUT2D eigenvalue weighted by atomic mass is 10.0. The van der Waals surface area contributed by atoms with Crippen molar-refractivity contribution in [1.29, 1.82) is 0 Å². The van der Waals surface area contributed by atoms with Crippen LogP contribution in [0.25, 0.3) is 10.8 Å². The van der Waals surface area contributed by atoms with Crippen LogP contribution < -0.4 is 9.47 Å². The molecule has 0 fully saturated rings. The summed E-state index contributed by atoms with van der Waals surface area (Å²) in [6.45, 7) is 0. The van der Waals surface area contributed by atoms with Crippen molar-refractivity contribution in [2.45, 2.75) is 4.90 Å². The van der Waals surface area contributed by atoms with E-state index in [1.165, 1.54) is 18.2 Å². The molecule has 0 radical (unpaired) electrons. The van der Waals surface area contributed by atoms with Crippen LogP contribution >= 0.6 is 22.6 Å². The quantitative estimate of drug-likeness (QED) is 0.0743. The molecule has 0 aliphatic carbocycles. The fourth-order valence-corrected chi connectivity index (χ4v) is 4.46. The van der Waals surface area contributed by atoms with E-state index in [0.717, 1.165) is 11.5 Å². The molecule has 0 aliphatic rings. The highest BCUT2D eigenvalue weighted by Gasteiger charge is 2.34. The van der Waals surface area contributed by atoms with Gasteiger partial charge in [0.15, 0.2) is 16.5 Å². The van der Waals surface area contributed by atoms with E-state index in [4.69, 9.17) is 9.29 Å². The Balaban J connectivity index is 1.72. The molecular formula is C24H11F4IO7S. The molecule has 4 aromatic carbocycles. The molecule has 0 atom stereocenters.